The number of nitrogens with zero attached hydrogens (tertiary/aromatic N) is 1. The predicted octanol–water partition coefficient (Wildman–Crippen LogP) is 2.98. The first-order valence-electron chi connectivity index (χ1n) is 7.88. The van der Waals surface area contributed by atoms with Gasteiger partial charge in [-0.25, -0.2) is 0 Å². The third kappa shape index (κ3) is 8.02. The van der Waals surface area contributed by atoms with Gasteiger partial charge in [-0.05, 0) is 51.5 Å². The zero-order valence-corrected chi connectivity index (χ0v) is 15.6. The van der Waals surface area contributed by atoms with Gasteiger partial charge >= 0.3 is 0 Å². The highest BCUT2D eigenvalue weighted by Crippen LogP contribution is 2.16. The maximum atomic E-state index is 12.1. The lowest BCUT2D eigenvalue weighted by atomic mass is 10.2. The third-order valence-corrected chi connectivity index (χ3v) is 3.66. The van der Waals surface area contributed by atoms with E-state index in [0.29, 0.717) is 26.0 Å². The van der Waals surface area contributed by atoms with Crippen LogP contribution in [0.5, 0.6) is 5.75 Å². The van der Waals surface area contributed by atoms with Gasteiger partial charge in [0, 0.05) is 23.5 Å². The second kappa shape index (κ2) is 10.3. The Hall–Kier alpha value is -1.56. The second-order valence-corrected chi connectivity index (χ2v) is 6.45. The van der Waals surface area contributed by atoms with Crippen LogP contribution in [-0.2, 0) is 9.59 Å². The average molecular weight is 385 g/mol. The molecule has 1 N–H and O–H groups in total. The van der Waals surface area contributed by atoms with Gasteiger partial charge in [-0.1, -0.05) is 15.9 Å². The van der Waals surface area contributed by atoms with E-state index in [0.717, 1.165) is 10.2 Å². The lowest BCUT2D eigenvalue weighted by Gasteiger charge is -2.21. The molecule has 1 aromatic carbocycles. The summed E-state index contributed by atoms with van der Waals surface area (Å²) in [5.41, 5.74) is 0. The molecule has 23 heavy (non-hydrogen) atoms. The Bertz CT molecular complexity index is 503. The Morgan fingerprint density at radius 3 is 2.48 bits per heavy atom. The maximum absolute atomic E-state index is 12.1. The minimum Gasteiger partial charge on any atom is -0.494 e. The largest absolute Gasteiger partial charge is 0.494 e. The van der Waals surface area contributed by atoms with E-state index >= 15 is 0 Å². The number of carbonyl (C=O) groups is 2. The van der Waals surface area contributed by atoms with E-state index in [1.54, 1.807) is 4.90 Å². The molecule has 0 heterocycles. The van der Waals surface area contributed by atoms with Crippen molar-refractivity contribution >= 4 is 27.7 Å². The number of nitrogens with one attached hydrogen (secondary N) is 1. The van der Waals surface area contributed by atoms with E-state index in [1.807, 2.05) is 45.0 Å². The molecule has 5 nitrogen and oxygen atoms in total. The van der Waals surface area contributed by atoms with Crippen LogP contribution in [0, 0.1) is 0 Å². The molecule has 0 aliphatic carbocycles. The van der Waals surface area contributed by atoms with Crippen molar-refractivity contribution in [3.8, 4) is 5.75 Å². The average Bonchev–Trinajstić information content (AvgIpc) is 2.50. The van der Waals surface area contributed by atoms with Crippen molar-refractivity contribution in [3.63, 3.8) is 0 Å². The molecule has 2 amide bonds. The summed E-state index contributed by atoms with van der Waals surface area (Å²) in [5.74, 6) is 0.636. The van der Waals surface area contributed by atoms with Gasteiger partial charge in [0.05, 0.1) is 13.2 Å². The number of hydrogen-bond donors (Lipinski definition) is 1. The molecule has 0 aliphatic rings. The molecule has 0 saturated heterocycles. The van der Waals surface area contributed by atoms with Gasteiger partial charge in [-0.2, -0.15) is 0 Å². The molecule has 0 fully saturated rings. The standard InChI is InChI=1S/C17H25BrN2O3/c1-4-20(12-16(21)19-13(2)3)17(22)6-5-11-23-15-9-7-14(18)8-10-15/h7-10,13H,4-6,11-12H2,1-3H3,(H,19,21). The highest BCUT2D eigenvalue weighted by Gasteiger charge is 2.15. The Balaban J connectivity index is 2.30. The summed E-state index contributed by atoms with van der Waals surface area (Å²) in [6, 6.07) is 7.65. The van der Waals surface area contributed by atoms with Gasteiger partial charge in [0.25, 0.3) is 0 Å². The van der Waals surface area contributed by atoms with Crippen LogP contribution in [0.2, 0.25) is 0 Å². The van der Waals surface area contributed by atoms with E-state index < -0.39 is 0 Å². The van der Waals surface area contributed by atoms with Gasteiger partial charge in [0.1, 0.15) is 5.75 Å². The number of likely N-dealkylation sites (N-methyl/N-ethyl adjacent to an activating group) is 1. The number of benzene rings is 1. The lowest BCUT2D eigenvalue weighted by Crippen LogP contribution is -2.42. The molecule has 0 aliphatic heterocycles. The van der Waals surface area contributed by atoms with Crippen molar-refractivity contribution in [3.05, 3.63) is 28.7 Å². The van der Waals surface area contributed by atoms with E-state index in [9.17, 15) is 9.59 Å². The van der Waals surface area contributed by atoms with Crippen molar-refractivity contribution in [1.82, 2.24) is 10.2 Å². The summed E-state index contributed by atoms with van der Waals surface area (Å²) in [7, 11) is 0. The maximum Gasteiger partial charge on any atom is 0.239 e. The summed E-state index contributed by atoms with van der Waals surface area (Å²) in [6.07, 6.45) is 0.997. The molecule has 0 aromatic heterocycles. The monoisotopic (exact) mass is 384 g/mol. The number of hydrogen-bond acceptors (Lipinski definition) is 3. The van der Waals surface area contributed by atoms with Crippen LogP contribution in [0.4, 0.5) is 0 Å². The Morgan fingerprint density at radius 1 is 1.26 bits per heavy atom. The zero-order chi connectivity index (χ0) is 17.2. The number of carbonyl (C=O) groups excluding carboxylic acids is 2. The summed E-state index contributed by atoms with van der Waals surface area (Å²) >= 11 is 3.37. The van der Waals surface area contributed by atoms with Crippen LogP contribution in [0.3, 0.4) is 0 Å². The molecule has 6 heteroatoms. The highest BCUT2D eigenvalue weighted by atomic mass is 79.9. The van der Waals surface area contributed by atoms with Gasteiger partial charge in [-0.15, -0.1) is 0 Å². The van der Waals surface area contributed by atoms with E-state index in [2.05, 4.69) is 21.2 Å². The Kier molecular flexibility index (Phi) is 8.69. The van der Waals surface area contributed by atoms with Crippen molar-refractivity contribution in [2.45, 2.75) is 39.7 Å². The first kappa shape index (κ1) is 19.5. The molecule has 0 bridgehead atoms. The zero-order valence-electron chi connectivity index (χ0n) is 14.0. The van der Waals surface area contributed by atoms with Crippen molar-refractivity contribution in [2.24, 2.45) is 0 Å². The van der Waals surface area contributed by atoms with Gasteiger partial charge in [0.2, 0.25) is 11.8 Å². The summed E-state index contributed by atoms with van der Waals surface area (Å²) in [4.78, 5) is 25.4. The third-order valence-electron chi connectivity index (χ3n) is 3.14. The number of ether oxygens (including phenoxy) is 1. The van der Waals surface area contributed by atoms with E-state index in [4.69, 9.17) is 4.74 Å². The predicted molar refractivity (Wildman–Crippen MR) is 94.4 cm³/mol. The quantitative estimate of drug-likeness (QED) is 0.665. The molecule has 0 unspecified atom stereocenters. The first-order chi connectivity index (χ1) is 10.9. The van der Waals surface area contributed by atoms with Crippen LogP contribution in [0.25, 0.3) is 0 Å². The number of rotatable bonds is 9. The molecule has 0 atom stereocenters. The molecule has 0 spiro atoms. The second-order valence-electron chi connectivity index (χ2n) is 5.54. The molecular formula is C17H25BrN2O3. The van der Waals surface area contributed by atoms with Crippen molar-refractivity contribution in [1.29, 1.82) is 0 Å². The summed E-state index contributed by atoms with van der Waals surface area (Å²) in [5, 5.41) is 2.79. The number of amides is 2. The smallest absolute Gasteiger partial charge is 0.239 e. The fraction of sp³-hybridized carbons (Fsp3) is 0.529. The normalized spacial score (nSPS) is 10.5. The van der Waals surface area contributed by atoms with Crippen molar-refractivity contribution < 1.29 is 14.3 Å². The fourth-order valence-electron chi connectivity index (χ4n) is 2.02. The summed E-state index contributed by atoms with van der Waals surface area (Å²) in [6.45, 7) is 6.78. The molecule has 128 valence electrons. The SMILES string of the molecule is CCN(CC(=O)NC(C)C)C(=O)CCCOc1ccc(Br)cc1. The molecule has 1 rings (SSSR count). The first-order valence-corrected chi connectivity index (χ1v) is 8.67. The van der Waals surface area contributed by atoms with Crippen LogP contribution >= 0.6 is 15.9 Å². The fourth-order valence-corrected chi connectivity index (χ4v) is 2.28. The molecule has 0 radical (unpaired) electrons. The highest BCUT2D eigenvalue weighted by molar-refractivity contribution is 9.10. The Morgan fingerprint density at radius 2 is 1.91 bits per heavy atom. The van der Waals surface area contributed by atoms with Crippen molar-refractivity contribution in [2.75, 3.05) is 19.7 Å². The molecule has 0 saturated carbocycles. The molecular weight excluding hydrogens is 360 g/mol. The van der Waals surface area contributed by atoms with Crippen LogP contribution in [0.15, 0.2) is 28.7 Å². The topological polar surface area (TPSA) is 58.6 Å². The minimum absolute atomic E-state index is 0.0224. The minimum atomic E-state index is -0.124. The van der Waals surface area contributed by atoms with Crippen LogP contribution < -0.4 is 10.1 Å². The van der Waals surface area contributed by atoms with Crippen LogP contribution in [-0.4, -0.2) is 42.5 Å². The van der Waals surface area contributed by atoms with Gasteiger partial charge < -0.3 is 15.0 Å². The van der Waals surface area contributed by atoms with E-state index in [-0.39, 0.29) is 24.4 Å². The van der Waals surface area contributed by atoms with E-state index in [1.165, 1.54) is 0 Å². The van der Waals surface area contributed by atoms with Gasteiger partial charge in [-0.3, -0.25) is 9.59 Å². The molecule has 1 aromatic rings. The number of halogens is 1. The summed E-state index contributed by atoms with van der Waals surface area (Å²) < 4.78 is 6.59. The van der Waals surface area contributed by atoms with Gasteiger partial charge in [0.15, 0.2) is 0 Å². The lowest BCUT2D eigenvalue weighted by molar-refractivity contribution is -0.136. The Labute approximate surface area is 146 Å². The van der Waals surface area contributed by atoms with Crippen LogP contribution in [0.1, 0.15) is 33.6 Å².